The summed E-state index contributed by atoms with van der Waals surface area (Å²) in [4.78, 5) is 32.5. The van der Waals surface area contributed by atoms with Crippen molar-refractivity contribution in [2.45, 2.75) is 70.7 Å². The molecule has 0 unspecified atom stereocenters. The molecule has 1 aromatic carbocycles. The zero-order valence-electron chi connectivity index (χ0n) is 21.3. The number of hydrogen-bond donors (Lipinski definition) is 0. The number of benzene rings is 1. The molecular weight excluding hydrogens is 507 g/mol. The minimum absolute atomic E-state index is 0.00257. The molecule has 2 aliphatic heterocycles. The summed E-state index contributed by atoms with van der Waals surface area (Å²) in [6, 6.07) is 2.81. The van der Waals surface area contributed by atoms with Crippen molar-refractivity contribution in [3.8, 4) is 5.75 Å². The molecule has 0 spiro atoms. The van der Waals surface area contributed by atoms with Crippen LogP contribution in [0.2, 0.25) is 0 Å². The monoisotopic (exact) mass is 539 g/mol. The lowest BCUT2D eigenvalue weighted by molar-refractivity contribution is -0.137. The number of thiazole rings is 1. The first-order chi connectivity index (χ1) is 17.4. The molecule has 0 saturated carbocycles. The van der Waals surface area contributed by atoms with E-state index in [1.54, 1.807) is 4.90 Å². The highest BCUT2D eigenvalue weighted by atomic mass is 32.1. The number of ether oxygens (including phenoxy) is 2. The average molecular weight is 540 g/mol. The first kappa shape index (κ1) is 27.4. The largest absolute Gasteiger partial charge is 0.491 e. The van der Waals surface area contributed by atoms with Crippen LogP contribution in [0.3, 0.4) is 0 Å². The van der Waals surface area contributed by atoms with Crippen molar-refractivity contribution in [3.05, 3.63) is 45.2 Å². The number of carbonyl (C=O) groups excluding carboxylic acids is 2. The van der Waals surface area contributed by atoms with Gasteiger partial charge in [-0.15, -0.1) is 11.3 Å². The standard InChI is InChI=1S/C26H32F3N3O4S/c1-25(2,3)21-16-32(15-18-6-5-12-35-18)24(37-21)30-23(34)19-14-17(26(27,28)29)8-9-20(19)36-13-11-31-10-4-7-22(31)33/h8-9,14,16,18H,4-7,10-13,15H2,1-3H3/t18-/m1/s1. The van der Waals surface area contributed by atoms with Gasteiger partial charge in [-0.1, -0.05) is 20.8 Å². The van der Waals surface area contributed by atoms with E-state index in [0.29, 0.717) is 37.5 Å². The van der Waals surface area contributed by atoms with Crippen molar-refractivity contribution in [3.63, 3.8) is 0 Å². The Morgan fingerprint density at radius 3 is 2.65 bits per heavy atom. The second-order valence-electron chi connectivity index (χ2n) is 10.4. The van der Waals surface area contributed by atoms with Crippen LogP contribution in [-0.2, 0) is 27.7 Å². The second-order valence-corrected chi connectivity index (χ2v) is 11.4. The number of amides is 2. The Hall–Kier alpha value is -2.66. The summed E-state index contributed by atoms with van der Waals surface area (Å²) in [5, 5.41) is 0. The van der Waals surface area contributed by atoms with Gasteiger partial charge in [0.25, 0.3) is 5.91 Å². The van der Waals surface area contributed by atoms with E-state index in [4.69, 9.17) is 9.47 Å². The lowest BCUT2D eigenvalue weighted by Crippen LogP contribution is -2.29. The normalized spacial score (nSPS) is 19.2. The lowest BCUT2D eigenvalue weighted by Gasteiger charge is -2.17. The van der Waals surface area contributed by atoms with Gasteiger partial charge in [-0.3, -0.25) is 9.59 Å². The quantitative estimate of drug-likeness (QED) is 0.507. The van der Waals surface area contributed by atoms with Crippen LogP contribution < -0.4 is 9.54 Å². The molecule has 3 heterocycles. The summed E-state index contributed by atoms with van der Waals surface area (Å²) in [7, 11) is 0. The molecule has 37 heavy (non-hydrogen) atoms. The molecule has 0 N–H and O–H groups in total. The van der Waals surface area contributed by atoms with Crippen molar-refractivity contribution in [2.75, 3.05) is 26.3 Å². The van der Waals surface area contributed by atoms with E-state index in [1.165, 1.54) is 11.3 Å². The van der Waals surface area contributed by atoms with Crippen LogP contribution in [0.1, 0.15) is 67.3 Å². The molecule has 202 valence electrons. The number of hydrogen-bond acceptors (Lipinski definition) is 5. The highest BCUT2D eigenvalue weighted by Gasteiger charge is 2.32. The maximum absolute atomic E-state index is 13.5. The van der Waals surface area contributed by atoms with Gasteiger partial charge in [0.05, 0.1) is 30.3 Å². The van der Waals surface area contributed by atoms with Crippen LogP contribution >= 0.6 is 11.3 Å². The highest BCUT2D eigenvalue weighted by molar-refractivity contribution is 7.09. The summed E-state index contributed by atoms with van der Waals surface area (Å²) in [6.07, 6.45) is 0.411. The Kier molecular flexibility index (Phi) is 8.13. The summed E-state index contributed by atoms with van der Waals surface area (Å²) in [5.41, 5.74) is -1.42. The number of aromatic nitrogens is 1. The van der Waals surface area contributed by atoms with Crippen LogP contribution in [0.15, 0.2) is 29.4 Å². The zero-order chi connectivity index (χ0) is 26.8. The molecule has 11 heteroatoms. The average Bonchev–Trinajstić information content (AvgIpc) is 3.56. The molecular formula is C26H32F3N3O4S. The van der Waals surface area contributed by atoms with E-state index >= 15 is 0 Å². The van der Waals surface area contributed by atoms with Gasteiger partial charge in [0, 0.05) is 30.6 Å². The fourth-order valence-electron chi connectivity index (χ4n) is 4.31. The van der Waals surface area contributed by atoms with E-state index in [-0.39, 0.29) is 35.3 Å². The van der Waals surface area contributed by atoms with Crippen molar-refractivity contribution < 1.29 is 32.2 Å². The summed E-state index contributed by atoms with van der Waals surface area (Å²) < 4.78 is 53.7. The molecule has 7 nitrogen and oxygen atoms in total. The Balaban J connectivity index is 1.65. The van der Waals surface area contributed by atoms with Crippen LogP contribution in [0.4, 0.5) is 13.2 Å². The Morgan fingerprint density at radius 1 is 1.24 bits per heavy atom. The van der Waals surface area contributed by atoms with Crippen molar-refractivity contribution in [1.29, 1.82) is 0 Å². The molecule has 0 aliphatic carbocycles. The Morgan fingerprint density at radius 2 is 2.03 bits per heavy atom. The van der Waals surface area contributed by atoms with Gasteiger partial charge in [0.2, 0.25) is 5.91 Å². The van der Waals surface area contributed by atoms with Crippen LogP contribution in [0.5, 0.6) is 5.75 Å². The smallest absolute Gasteiger partial charge is 0.416 e. The van der Waals surface area contributed by atoms with Crippen molar-refractivity contribution in [2.24, 2.45) is 4.99 Å². The van der Waals surface area contributed by atoms with E-state index in [9.17, 15) is 22.8 Å². The third-order valence-corrected chi connectivity index (χ3v) is 7.85. The second kappa shape index (κ2) is 11.0. The maximum atomic E-state index is 13.5. The first-order valence-electron chi connectivity index (χ1n) is 12.4. The fourth-order valence-corrected chi connectivity index (χ4v) is 5.36. The number of carbonyl (C=O) groups is 2. The van der Waals surface area contributed by atoms with Crippen molar-refractivity contribution in [1.82, 2.24) is 9.47 Å². The molecule has 2 aromatic rings. The molecule has 0 radical (unpaired) electrons. The van der Waals surface area contributed by atoms with Gasteiger partial charge in [0.1, 0.15) is 12.4 Å². The van der Waals surface area contributed by atoms with Gasteiger partial charge < -0.3 is 18.9 Å². The Labute approximate surface area is 217 Å². The molecule has 2 aliphatic rings. The number of rotatable bonds is 7. The van der Waals surface area contributed by atoms with Gasteiger partial charge in [0.15, 0.2) is 4.80 Å². The molecule has 4 rings (SSSR count). The summed E-state index contributed by atoms with van der Waals surface area (Å²) >= 11 is 1.34. The number of likely N-dealkylation sites (tertiary alicyclic amines) is 1. The Bertz CT molecular complexity index is 1210. The predicted molar refractivity (Wildman–Crippen MR) is 133 cm³/mol. The number of alkyl halides is 3. The number of nitrogens with zero attached hydrogens (tertiary/aromatic N) is 3. The molecule has 0 bridgehead atoms. The van der Waals surface area contributed by atoms with Gasteiger partial charge in [-0.2, -0.15) is 18.2 Å². The summed E-state index contributed by atoms with van der Waals surface area (Å²) in [6.45, 7) is 8.31. The third kappa shape index (κ3) is 6.81. The number of halogens is 3. The van der Waals surface area contributed by atoms with Crippen LogP contribution in [-0.4, -0.2) is 53.7 Å². The topological polar surface area (TPSA) is 73.1 Å². The zero-order valence-corrected chi connectivity index (χ0v) is 22.1. The molecule has 1 atom stereocenters. The first-order valence-corrected chi connectivity index (χ1v) is 13.3. The van der Waals surface area contributed by atoms with Gasteiger partial charge in [-0.05, 0) is 42.9 Å². The van der Waals surface area contributed by atoms with E-state index in [0.717, 1.165) is 42.3 Å². The maximum Gasteiger partial charge on any atom is 0.416 e. The molecule has 2 fully saturated rings. The van der Waals surface area contributed by atoms with E-state index < -0.39 is 17.6 Å². The fraction of sp³-hybridized carbons (Fsp3) is 0.577. The minimum Gasteiger partial charge on any atom is -0.491 e. The van der Waals surface area contributed by atoms with Crippen LogP contribution in [0.25, 0.3) is 0 Å². The lowest BCUT2D eigenvalue weighted by atomic mass is 9.95. The van der Waals surface area contributed by atoms with Gasteiger partial charge in [-0.25, -0.2) is 0 Å². The summed E-state index contributed by atoms with van der Waals surface area (Å²) in [5.74, 6) is -0.793. The molecule has 1 aromatic heterocycles. The minimum atomic E-state index is -4.63. The van der Waals surface area contributed by atoms with Gasteiger partial charge >= 0.3 is 6.18 Å². The molecule has 2 amide bonds. The van der Waals surface area contributed by atoms with Crippen molar-refractivity contribution >= 4 is 23.2 Å². The van der Waals surface area contributed by atoms with E-state index in [1.807, 2.05) is 31.5 Å². The molecule has 2 saturated heterocycles. The SMILES string of the molecule is CC(C)(C)c1cn(C[C@H]2CCCO2)c(=NC(=O)c2cc(C(F)(F)F)ccc2OCCN2CCCC2=O)s1. The van der Waals surface area contributed by atoms with Crippen LogP contribution in [0, 0.1) is 0 Å². The predicted octanol–water partition coefficient (Wildman–Crippen LogP) is 4.79. The van der Waals surface area contributed by atoms with E-state index in [2.05, 4.69) is 4.99 Å². The third-order valence-electron chi connectivity index (χ3n) is 6.41. The highest BCUT2D eigenvalue weighted by Crippen LogP contribution is 2.33.